The van der Waals surface area contributed by atoms with Gasteiger partial charge in [-0.3, -0.25) is 4.79 Å². The molecule has 5 heteroatoms. The van der Waals surface area contributed by atoms with Gasteiger partial charge in [-0.2, -0.15) is 0 Å². The van der Waals surface area contributed by atoms with Crippen LogP contribution in [-0.4, -0.2) is 12.1 Å². The lowest BCUT2D eigenvalue weighted by Crippen LogP contribution is -2.17. The number of Topliss-reactive ketones (excluding diaryl/α,β-unsaturated/α-hetero) is 1. The first-order chi connectivity index (χ1) is 7.94. The SMILES string of the molecule is O=C(Cc1ccc(OC(F)(F)F)cc1)C1CC1. The Morgan fingerprint density at radius 2 is 1.82 bits per heavy atom. The third-order valence-electron chi connectivity index (χ3n) is 2.57. The average molecular weight is 244 g/mol. The second-order valence-corrected chi connectivity index (χ2v) is 4.11. The minimum absolute atomic E-state index is 0.162. The van der Waals surface area contributed by atoms with Gasteiger partial charge >= 0.3 is 6.36 Å². The summed E-state index contributed by atoms with van der Waals surface area (Å²) in [6.07, 6.45) is -2.51. The van der Waals surface area contributed by atoms with Crippen molar-refractivity contribution >= 4 is 5.78 Å². The van der Waals surface area contributed by atoms with Gasteiger partial charge < -0.3 is 4.74 Å². The van der Waals surface area contributed by atoms with Crippen molar-refractivity contribution in [3.8, 4) is 5.75 Å². The van der Waals surface area contributed by atoms with Crippen LogP contribution < -0.4 is 4.74 Å². The number of ether oxygens (including phenoxy) is 1. The number of carbonyl (C=O) groups excluding carboxylic acids is 1. The summed E-state index contributed by atoms with van der Waals surface area (Å²) in [5.74, 6) is 0.0655. The van der Waals surface area contributed by atoms with Crippen LogP contribution in [0.5, 0.6) is 5.75 Å². The first-order valence-corrected chi connectivity index (χ1v) is 5.31. The minimum Gasteiger partial charge on any atom is -0.406 e. The van der Waals surface area contributed by atoms with E-state index < -0.39 is 6.36 Å². The van der Waals surface area contributed by atoms with Gasteiger partial charge in [-0.05, 0) is 30.5 Å². The highest BCUT2D eigenvalue weighted by Gasteiger charge is 2.31. The molecule has 0 atom stereocenters. The Labute approximate surface area is 96.4 Å². The molecule has 0 saturated heterocycles. The molecule has 0 amide bonds. The summed E-state index contributed by atoms with van der Waals surface area (Å²) in [5, 5.41) is 0. The molecule has 1 aliphatic rings. The number of halogens is 3. The van der Waals surface area contributed by atoms with Crippen molar-refractivity contribution in [1.29, 1.82) is 0 Å². The maximum atomic E-state index is 11.9. The zero-order valence-corrected chi connectivity index (χ0v) is 8.96. The van der Waals surface area contributed by atoms with E-state index in [4.69, 9.17) is 0 Å². The summed E-state index contributed by atoms with van der Waals surface area (Å²) >= 11 is 0. The largest absolute Gasteiger partial charge is 0.573 e. The van der Waals surface area contributed by atoms with Crippen molar-refractivity contribution in [2.75, 3.05) is 0 Å². The zero-order valence-electron chi connectivity index (χ0n) is 8.96. The van der Waals surface area contributed by atoms with Crippen LogP contribution in [0, 0.1) is 5.92 Å². The van der Waals surface area contributed by atoms with Gasteiger partial charge in [0.2, 0.25) is 0 Å². The lowest BCUT2D eigenvalue weighted by molar-refractivity contribution is -0.274. The fraction of sp³-hybridized carbons (Fsp3) is 0.417. The molecule has 2 nitrogen and oxygen atoms in total. The summed E-state index contributed by atoms with van der Waals surface area (Å²) in [4.78, 5) is 11.5. The summed E-state index contributed by atoms with van der Waals surface area (Å²) in [5.41, 5.74) is 0.719. The highest BCUT2D eigenvalue weighted by atomic mass is 19.4. The van der Waals surface area contributed by atoms with Crippen LogP contribution in [0.4, 0.5) is 13.2 Å². The van der Waals surface area contributed by atoms with Crippen LogP contribution in [0.15, 0.2) is 24.3 Å². The number of benzene rings is 1. The van der Waals surface area contributed by atoms with Crippen LogP contribution in [0.2, 0.25) is 0 Å². The fourth-order valence-electron chi connectivity index (χ4n) is 1.56. The van der Waals surface area contributed by atoms with Crippen LogP contribution in [0.25, 0.3) is 0 Å². The zero-order chi connectivity index (χ0) is 12.5. The van der Waals surface area contributed by atoms with Gasteiger partial charge in [0.1, 0.15) is 11.5 Å². The normalized spacial score (nSPS) is 15.7. The Morgan fingerprint density at radius 1 is 1.24 bits per heavy atom. The van der Waals surface area contributed by atoms with Crippen molar-refractivity contribution in [2.45, 2.75) is 25.6 Å². The lowest BCUT2D eigenvalue weighted by Gasteiger charge is -2.09. The molecular weight excluding hydrogens is 233 g/mol. The van der Waals surface area contributed by atoms with Gasteiger partial charge in [-0.1, -0.05) is 12.1 Å². The van der Waals surface area contributed by atoms with E-state index in [1.807, 2.05) is 0 Å². The molecule has 1 aromatic carbocycles. The van der Waals surface area contributed by atoms with Crippen molar-refractivity contribution in [3.63, 3.8) is 0 Å². The third-order valence-corrected chi connectivity index (χ3v) is 2.57. The highest BCUT2D eigenvalue weighted by molar-refractivity contribution is 5.85. The Hall–Kier alpha value is -1.52. The van der Waals surface area contributed by atoms with E-state index >= 15 is 0 Å². The van der Waals surface area contributed by atoms with E-state index in [9.17, 15) is 18.0 Å². The van der Waals surface area contributed by atoms with Gasteiger partial charge in [0.15, 0.2) is 0 Å². The van der Waals surface area contributed by atoms with E-state index in [1.165, 1.54) is 24.3 Å². The van der Waals surface area contributed by atoms with Crippen LogP contribution in [-0.2, 0) is 11.2 Å². The highest BCUT2D eigenvalue weighted by Crippen LogP contribution is 2.31. The molecule has 17 heavy (non-hydrogen) atoms. The summed E-state index contributed by atoms with van der Waals surface area (Å²) in [7, 11) is 0. The predicted octanol–water partition coefficient (Wildman–Crippen LogP) is 3.11. The lowest BCUT2D eigenvalue weighted by atomic mass is 10.1. The number of alkyl halides is 3. The molecule has 1 saturated carbocycles. The van der Waals surface area contributed by atoms with Gasteiger partial charge in [-0.25, -0.2) is 0 Å². The van der Waals surface area contributed by atoms with Gasteiger partial charge in [0, 0.05) is 12.3 Å². The molecule has 0 radical (unpaired) electrons. The first kappa shape index (κ1) is 12.0. The van der Waals surface area contributed by atoms with Crippen LogP contribution in [0.3, 0.4) is 0 Å². The molecule has 0 unspecified atom stereocenters. The van der Waals surface area contributed by atoms with Gasteiger partial charge in [0.05, 0.1) is 0 Å². The summed E-state index contributed by atoms with van der Waals surface area (Å²) in [6, 6.07) is 5.43. The van der Waals surface area contributed by atoms with Crippen molar-refractivity contribution < 1.29 is 22.7 Å². The van der Waals surface area contributed by atoms with Crippen LogP contribution >= 0.6 is 0 Å². The Morgan fingerprint density at radius 3 is 2.29 bits per heavy atom. The van der Waals surface area contributed by atoms with Gasteiger partial charge in [-0.15, -0.1) is 13.2 Å². The maximum Gasteiger partial charge on any atom is 0.573 e. The second-order valence-electron chi connectivity index (χ2n) is 4.11. The Bertz CT molecular complexity index is 405. The van der Waals surface area contributed by atoms with E-state index in [1.54, 1.807) is 0 Å². The van der Waals surface area contributed by atoms with E-state index in [-0.39, 0.29) is 23.9 Å². The molecule has 0 spiro atoms. The smallest absolute Gasteiger partial charge is 0.406 e. The number of carbonyl (C=O) groups is 1. The molecule has 0 heterocycles. The molecule has 1 aromatic rings. The fourth-order valence-corrected chi connectivity index (χ4v) is 1.56. The first-order valence-electron chi connectivity index (χ1n) is 5.31. The molecule has 0 aliphatic heterocycles. The summed E-state index contributed by atoms with van der Waals surface area (Å²) < 4.78 is 39.4. The number of ketones is 1. The molecule has 92 valence electrons. The molecule has 0 aromatic heterocycles. The number of hydrogen-bond donors (Lipinski definition) is 0. The minimum atomic E-state index is -4.68. The predicted molar refractivity (Wildman–Crippen MR) is 54.6 cm³/mol. The third kappa shape index (κ3) is 3.76. The van der Waals surface area contributed by atoms with E-state index in [0.717, 1.165) is 18.4 Å². The Balaban J connectivity index is 1.95. The quantitative estimate of drug-likeness (QED) is 0.813. The molecular formula is C12H11F3O2. The van der Waals surface area contributed by atoms with Crippen molar-refractivity contribution in [1.82, 2.24) is 0 Å². The topological polar surface area (TPSA) is 26.3 Å². The maximum absolute atomic E-state index is 11.9. The van der Waals surface area contributed by atoms with Gasteiger partial charge in [0.25, 0.3) is 0 Å². The number of rotatable bonds is 4. The van der Waals surface area contributed by atoms with E-state index in [2.05, 4.69) is 4.74 Å². The van der Waals surface area contributed by atoms with Crippen molar-refractivity contribution in [2.24, 2.45) is 5.92 Å². The molecule has 2 rings (SSSR count). The van der Waals surface area contributed by atoms with Crippen molar-refractivity contribution in [3.05, 3.63) is 29.8 Å². The second kappa shape index (κ2) is 4.39. The molecule has 1 fully saturated rings. The molecule has 1 aliphatic carbocycles. The molecule has 0 bridgehead atoms. The standard InChI is InChI=1S/C12H11F3O2/c13-12(14,15)17-10-5-1-8(2-6-10)7-11(16)9-3-4-9/h1-2,5-6,9H,3-4,7H2. The Kier molecular flexibility index (Phi) is 3.09. The monoisotopic (exact) mass is 244 g/mol. The number of hydrogen-bond acceptors (Lipinski definition) is 2. The van der Waals surface area contributed by atoms with Crippen LogP contribution in [0.1, 0.15) is 18.4 Å². The molecule has 0 N–H and O–H groups in total. The van der Waals surface area contributed by atoms with E-state index in [0.29, 0.717) is 0 Å². The summed E-state index contributed by atoms with van der Waals surface area (Å²) in [6.45, 7) is 0. The average Bonchev–Trinajstić information content (AvgIpc) is 3.02.